The number of hydrogen-bond acceptors (Lipinski definition) is 4. The third kappa shape index (κ3) is 2.92. The highest BCUT2D eigenvalue weighted by atomic mass is 16.5. The largest absolute Gasteiger partial charge is 0.395 e. The molecule has 0 saturated carbocycles. The molecule has 4 heteroatoms. The van der Waals surface area contributed by atoms with Crippen molar-refractivity contribution in [2.24, 2.45) is 11.7 Å². The number of rotatable bonds is 4. The van der Waals surface area contributed by atoms with E-state index in [1.807, 2.05) is 0 Å². The van der Waals surface area contributed by atoms with Gasteiger partial charge in [-0.25, -0.2) is 0 Å². The van der Waals surface area contributed by atoms with Crippen LogP contribution in [-0.2, 0) is 4.74 Å². The summed E-state index contributed by atoms with van der Waals surface area (Å²) < 4.78 is 5.27. The zero-order valence-electron chi connectivity index (χ0n) is 9.15. The molecule has 0 aromatic heterocycles. The van der Waals surface area contributed by atoms with Crippen molar-refractivity contribution in [1.82, 2.24) is 4.90 Å². The molecule has 0 radical (unpaired) electrons. The summed E-state index contributed by atoms with van der Waals surface area (Å²) in [5.41, 5.74) is 6.06. The topological polar surface area (TPSA) is 58.7 Å². The second kappa shape index (κ2) is 5.66. The van der Waals surface area contributed by atoms with E-state index in [0.717, 1.165) is 26.3 Å². The van der Waals surface area contributed by atoms with Crippen LogP contribution in [-0.4, -0.2) is 55.0 Å². The Morgan fingerprint density at radius 3 is 2.36 bits per heavy atom. The number of nitrogens with zero attached hydrogens (tertiary/aromatic N) is 1. The highest BCUT2D eigenvalue weighted by molar-refractivity contribution is 4.84. The maximum absolute atomic E-state index is 9.34. The summed E-state index contributed by atoms with van der Waals surface area (Å²) in [7, 11) is 0. The molecule has 1 heterocycles. The van der Waals surface area contributed by atoms with E-state index in [1.54, 1.807) is 0 Å². The summed E-state index contributed by atoms with van der Waals surface area (Å²) in [6, 6.07) is 0.122. The van der Waals surface area contributed by atoms with Gasteiger partial charge >= 0.3 is 0 Å². The van der Waals surface area contributed by atoms with E-state index < -0.39 is 0 Å². The van der Waals surface area contributed by atoms with Gasteiger partial charge in [-0.2, -0.15) is 0 Å². The van der Waals surface area contributed by atoms with Crippen molar-refractivity contribution >= 4 is 0 Å². The molecule has 0 aliphatic carbocycles. The molecule has 2 unspecified atom stereocenters. The fourth-order valence-electron chi connectivity index (χ4n) is 1.83. The average Bonchev–Trinajstić information content (AvgIpc) is 2.20. The lowest BCUT2D eigenvalue weighted by atomic mass is 9.96. The van der Waals surface area contributed by atoms with Gasteiger partial charge < -0.3 is 15.6 Å². The molecule has 1 fully saturated rings. The number of morpholine rings is 1. The van der Waals surface area contributed by atoms with Gasteiger partial charge in [-0.3, -0.25) is 4.90 Å². The van der Waals surface area contributed by atoms with Gasteiger partial charge in [0.1, 0.15) is 0 Å². The SMILES string of the molecule is CC(C)C(N)C(CO)N1CCOCC1. The molecule has 0 amide bonds. The number of ether oxygens (including phenoxy) is 1. The fraction of sp³-hybridized carbons (Fsp3) is 1.00. The first-order valence-corrected chi connectivity index (χ1v) is 5.35. The van der Waals surface area contributed by atoms with Gasteiger partial charge in [-0.15, -0.1) is 0 Å². The van der Waals surface area contributed by atoms with Crippen LogP contribution in [0.3, 0.4) is 0 Å². The molecule has 3 N–H and O–H groups in total. The molecule has 0 aromatic carbocycles. The lowest BCUT2D eigenvalue weighted by molar-refractivity contribution is -0.00740. The van der Waals surface area contributed by atoms with E-state index in [2.05, 4.69) is 18.7 Å². The molecule has 14 heavy (non-hydrogen) atoms. The third-order valence-corrected chi connectivity index (χ3v) is 2.92. The van der Waals surface area contributed by atoms with Crippen LogP contribution >= 0.6 is 0 Å². The Labute approximate surface area is 86.0 Å². The molecule has 1 saturated heterocycles. The highest BCUT2D eigenvalue weighted by Gasteiger charge is 2.27. The molecule has 0 spiro atoms. The molecule has 1 rings (SSSR count). The van der Waals surface area contributed by atoms with Crippen LogP contribution in [0.5, 0.6) is 0 Å². The first-order chi connectivity index (χ1) is 6.66. The van der Waals surface area contributed by atoms with Gasteiger partial charge in [0.05, 0.1) is 19.8 Å². The highest BCUT2D eigenvalue weighted by Crippen LogP contribution is 2.12. The predicted octanol–water partition coefficient (Wildman–Crippen LogP) is -0.337. The van der Waals surface area contributed by atoms with Crippen molar-refractivity contribution < 1.29 is 9.84 Å². The van der Waals surface area contributed by atoms with Crippen LogP contribution in [0.4, 0.5) is 0 Å². The minimum Gasteiger partial charge on any atom is -0.395 e. The summed E-state index contributed by atoms with van der Waals surface area (Å²) in [5.74, 6) is 0.398. The second-order valence-corrected chi connectivity index (χ2v) is 4.22. The van der Waals surface area contributed by atoms with E-state index >= 15 is 0 Å². The summed E-state index contributed by atoms with van der Waals surface area (Å²) in [6.07, 6.45) is 0. The zero-order chi connectivity index (χ0) is 10.6. The minimum atomic E-state index is 0.0399. The van der Waals surface area contributed by atoms with Crippen molar-refractivity contribution in [3.63, 3.8) is 0 Å². The normalized spacial score (nSPS) is 23.8. The van der Waals surface area contributed by atoms with E-state index in [9.17, 15) is 5.11 Å². The number of nitrogens with two attached hydrogens (primary N) is 1. The van der Waals surface area contributed by atoms with Crippen LogP contribution in [0.1, 0.15) is 13.8 Å². The molecule has 84 valence electrons. The van der Waals surface area contributed by atoms with Crippen molar-refractivity contribution in [2.45, 2.75) is 25.9 Å². The molecule has 1 aliphatic heterocycles. The minimum absolute atomic E-state index is 0.0399. The number of hydrogen-bond donors (Lipinski definition) is 2. The summed E-state index contributed by atoms with van der Waals surface area (Å²) in [5, 5.41) is 9.34. The maximum Gasteiger partial charge on any atom is 0.0602 e. The van der Waals surface area contributed by atoms with E-state index in [-0.39, 0.29) is 18.7 Å². The Bertz CT molecular complexity index is 158. The van der Waals surface area contributed by atoms with Crippen molar-refractivity contribution in [3.8, 4) is 0 Å². The standard InChI is InChI=1S/C10H22N2O2/c1-8(2)10(11)9(7-13)12-3-5-14-6-4-12/h8-10,13H,3-7,11H2,1-2H3. The smallest absolute Gasteiger partial charge is 0.0602 e. The first kappa shape index (κ1) is 11.9. The molecule has 0 aromatic rings. The third-order valence-electron chi connectivity index (χ3n) is 2.92. The second-order valence-electron chi connectivity index (χ2n) is 4.22. The van der Waals surface area contributed by atoms with E-state index in [4.69, 9.17) is 10.5 Å². The van der Waals surface area contributed by atoms with Crippen LogP contribution in [0.25, 0.3) is 0 Å². The van der Waals surface area contributed by atoms with Crippen LogP contribution in [0.2, 0.25) is 0 Å². The molecule has 1 aliphatic rings. The molecular formula is C10H22N2O2. The van der Waals surface area contributed by atoms with Crippen LogP contribution in [0, 0.1) is 5.92 Å². The Morgan fingerprint density at radius 2 is 1.93 bits per heavy atom. The molecule has 0 bridgehead atoms. The van der Waals surface area contributed by atoms with Gasteiger partial charge in [0.2, 0.25) is 0 Å². The summed E-state index contributed by atoms with van der Waals surface area (Å²) >= 11 is 0. The van der Waals surface area contributed by atoms with E-state index in [0.29, 0.717) is 5.92 Å². The quantitative estimate of drug-likeness (QED) is 0.655. The number of aliphatic hydroxyl groups is 1. The van der Waals surface area contributed by atoms with Crippen LogP contribution in [0.15, 0.2) is 0 Å². The summed E-state index contributed by atoms with van der Waals surface area (Å²) in [4.78, 5) is 2.23. The van der Waals surface area contributed by atoms with Gasteiger partial charge in [-0.1, -0.05) is 13.8 Å². The Hall–Kier alpha value is -0.160. The molecular weight excluding hydrogens is 180 g/mol. The maximum atomic E-state index is 9.34. The molecule has 2 atom stereocenters. The van der Waals surface area contributed by atoms with Crippen LogP contribution < -0.4 is 5.73 Å². The van der Waals surface area contributed by atoms with E-state index in [1.165, 1.54) is 0 Å². The van der Waals surface area contributed by atoms with Gasteiger partial charge in [0.25, 0.3) is 0 Å². The van der Waals surface area contributed by atoms with Crippen molar-refractivity contribution in [1.29, 1.82) is 0 Å². The average molecular weight is 202 g/mol. The van der Waals surface area contributed by atoms with Gasteiger partial charge in [0, 0.05) is 25.2 Å². The Kier molecular flexibility index (Phi) is 4.81. The first-order valence-electron chi connectivity index (χ1n) is 5.35. The lowest BCUT2D eigenvalue weighted by Gasteiger charge is -2.38. The van der Waals surface area contributed by atoms with Gasteiger partial charge in [-0.05, 0) is 5.92 Å². The Morgan fingerprint density at radius 1 is 1.36 bits per heavy atom. The zero-order valence-corrected chi connectivity index (χ0v) is 9.15. The Balaban J connectivity index is 2.50. The van der Waals surface area contributed by atoms with Gasteiger partial charge in [0.15, 0.2) is 0 Å². The lowest BCUT2D eigenvalue weighted by Crippen LogP contribution is -2.55. The summed E-state index contributed by atoms with van der Waals surface area (Å²) in [6.45, 7) is 7.58. The molecule has 4 nitrogen and oxygen atoms in total. The number of aliphatic hydroxyl groups excluding tert-OH is 1. The fourth-order valence-corrected chi connectivity index (χ4v) is 1.83. The van der Waals surface area contributed by atoms with Crippen molar-refractivity contribution in [2.75, 3.05) is 32.9 Å². The predicted molar refractivity (Wildman–Crippen MR) is 56.1 cm³/mol. The van der Waals surface area contributed by atoms with Crippen molar-refractivity contribution in [3.05, 3.63) is 0 Å². The monoisotopic (exact) mass is 202 g/mol.